The Hall–Kier alpha value is -3.13. The molecule has 0 spiro atoms. The molecule has 0 aliphatic rings. The SMILES string of the molecule is c1ccc(Cc2cc(-c3ccccc3)n(-c3ccccc3)n2)cc1. The van der Waals surface area contributed by atoms with Crippen LogP contribution in [0.25, 0.3) is 16.9 Å². The van der Waals surface area contributed by atoms with Gasteiger partial charge in [-0.05, 0) is 23.8 Å². The molecule has 0 saturated carbocycles. The fraction of sp³-hybridized carbons (Fsp3) is 0.0455. The zero-order valence-electron chi connectivity index (χ0n) is 13.3. The van der Waals surface area contributed by atoms with E-state index in [9.17, 15) is 0 Å². The van der Waals surface area contributed by atoms with Crippen LogP contribution in [0.1, 0.15) is 11.3 Å². The van der Waals surface area contributed by atoms with E-state index in [1.165, 1.54) is 11.1 Å². The van der Waals surface area contributed by atoms with Gasteiger partial charge >= 0.3 is 0 Å². The summed E-state index contributed by atoms with van der Waals surface area (Å²) in [6, 6.07) is 33.4. The standard InChI is InChI=1S/C22H18N2/c1-4-10-18(11-5-1)16-20-17-22(19-12-6-2-7-13-19)24(23-20)21-14-8-3-9-15-21/h1-15,17H,16H2. The summed E-state index contributed by atoms with van der Waals surface area (Å²) in [5.41, 5.74) is 5.72. The van der Waals surface area contributed by atoms with E-state index in [2.05, 4.69) is 66.7 Å². The summed E-state index contributed by atoms with van der Waals surface area (Å²) >= 11 is 0. The number of aromatic nitrogens is 2. The van der Waals surface area contributed by atoms with Crippen LogP contribution in [-0.4, -0.2) is 9.78 Å². The van der Waals surface area contributed by atoms with Crippen molar-refractivity contribution in [1.82, 2.24) is 9.78 Å². The van der Waals surface area contributed by atoms with Crippen LogP contribution in [0.15, 0.2) is 97.1 Å². The Morgan fingerprint density at radius 2 is 1.25 bits per heavy atom. The molecule has 4 rings (SSSR count). The smallest absolute Gasteiger partial charge is 0.0743 e. The predicted octanol–water partition coefficient (Wildman–Crippen LogP) is 5.13. The number of nitrogens with zero attached hydrogens (tertiary/aromatic N) is 2. The minimum absolute atomic E-state index is 0.834. The van der Waals surface area contributed by atoms with Gasteiger partial charge in [-0.25, -0.2) is 4.68 Å². The number of benzene rings is 3. The molecule has 116 valence electrons. The van der Waals surface area contributed by atoms with E-state index >= 15 is 0 Å². The Labute approximate surface area is 142 Å². The molecule has 0 amide bonds. The van der Waals surface area contributed by atoms with Crippen LogP contribution < -0.4 is 0 Å². The summed E-state index contributed by atoms with van der Waals surface area (Å²) < 4.78 is 2.04. The summed E-state index contributed by atoms with van der Waals surface area (Å²) in [5.74, 6) is 0. The van der Waals surface area contributed by atoms with Crippen LogP contribution in [-0.2, 0) is 6.42 Å². The fourth-order valence-electron chi connectivity index (χ4n) is 2.90. The Morgan fingerprint density at radius 1 is 0.667 bits per heavy atom. The lowest BCUT2D eigenvalue weighted by Crippen LogP contribution is -1.99. The largest absolute Gasteiger partial charge is 0.233 e. The van der Waals surface area contributed by atoms with Crippen LogP contribution in [0, 0.1) is 0 Å². The molecule has 0 unspecified atom stereocenters. The van der Waals surface area contributed by atoms with E-state index in [1.807, 2.05) is 35.0 Å². The molecule has 3 aromatic carbocycles. The van der Waals surface area contributed by atoms with Crippen molar-refractivity contribution in [1.29, 1.82) is 0 Å². The van der Waals surface area contributed by atoms with Gasteiger partial charge in [0.1, 0.15) is 0 Å². The average Bonchev–Trinajstić information content (AvgIpc) is 3.08. The lowest BCUT2D eigenvalue weighted by Gasteiger charge is -2.07. The molecule has 0 fully saturated rings. The number of rotatable bonds is 4. The quantitative estimate of drug-likeness (QED) is 0.511. The van der Waals surface area contributed by atoms with Gasteiger partial charge in [-0.15, -0.1) is 0 Å². The molecule has 0 atom stereocenters. The first-order chi connectivity index (χ1) is 11.9. The molecule has 0 N–H and O–H groups in total. The molecule has 0 saturated heterocycles. The fourth-order valence-corrected chi connectivity index (χ4v) is 2.90. The third-order valence-corrected chi connectivity index (χ3v) is 4.06. The van der Waals surface area contributed by atoms with Gasteiger partial charge in [-0.3, -0.25) is 0 Å². The van der Waals surface area contributed by atoms with E-state index in [1.54, 1.807) is 0 Å². The van der Waals surface area contributed by atoms with Crippen molar-refractivity contribution in [3.63, 3.8) is 0 Å². The van der Waals surface area contributed by atoms with Gasteiger partial charge in [-0.2, -0.15) is 5.10 Å². The molecule has 0 aliphatic heterocycles. The highest BCUT2D eigenvalue weighted by molar-refractivity contribution is 5.62. The maximum Gasteiger partial charge on any atom is 0.0743 e. The van der Waals surface area contributed by atoms with E-state index < -0.39 is 0 Å². The molecular weight excluding hydrogens is 292 g/mol. The van der Waals surface area contributed by atoms with Gasteiger partial charge in [0, 0.05) is 12.0 Å². The lowest BCUT2D eigenvalue weighted by atomic mass is 10.1. The highest BCUT2D eigenvalue weighted by Gasteiger charge is 2.11. The van der Waals surface area contributed by atoms with Crippen molar-refractivity contribution in [2.45, 2.75) is 6.42 Å². The first kappa shape index (κ1) is 14.5. The Morgan fingerprint density at radius 3 is 1.92 bits per heavy atom. The van der Waals surface area contributed by atoms with Crippen molar-refractivity contribution in [3.8, 4) is 16.9 Å². The molecule has 0 aliphatic carbocycles. The van der Waals surface area contributed by atoms with Crippen molar-refractivity contribution in [3.05, 3.63) is 108 Å². The molecule has 0 bridgehead atoms. The second kappa shape index (κ2) is 6.55. The molecule has 2 heteroatoms. The van der Waals surface area contributed by atoms with Gasteiger partial charge in [0.15, 0.2) is 0 Å². The summed E-state index contributed by atoms with van der Waals surface area (Å²) in [7, 11) is 0. The van der Waals surface area contributed by atoms with Gasteiger partial charge < -0.3 is 0 Å². The first-order valence-corrected chi connectivity index (χ1v) is 8.14. The summed E-state index contributed by atoms with van der Waals surface area (Å²) in [4.78, 5) is 0. The number of para-hydroxylation sites is 1. The van der Waals surface area contributed by atoms with E-state index in [0.29, 0.717) is 0 Å². The lowest BCUT2D eigenvalue weighted by molar-refractivity contribution is 0.854. The zero-order valence-corrected chi connectivity index (χ0v) is 13.3. The van der Waals surface area contributed by atoms with Crippen LogP contribution in [0.4, 0.5) is 0 Å². The van der Waals surface area contributed by atoms with Crippen LogP contribution in [0.5, 0.6) is 0 Å². The maximum absolute atomic E-state index is 4.87. The van der Waals surface area contributed by atoms with Crippen molar-refractivity contribution >= 4 is 0 Å². The number of hydrogen-bond donors (Lipinski definition) is 0. The Kier molecular flexibility index (Phi) is 3.95. The summed E-state index contributed by atoms with van der Waals surface area (Å²) in [5, 5.41) is 4.87. The normalized spacial score (nSPS) is 10.7. The molecule has 0 radical (unpaired) electrons. The van der Waals surface area contributed by atoms with Gasteiger partial charge in [0.25, 0.3) is 0 Å². The molecule has 1 heterocycles. The third kappa shape index (κ3) is 2.99. The van der Waals surface area contributed by atoms with E-state index in [0.717, 1.165) is 23.5 Å². The van der Waals surface area contributed by atoms with E-state index in [4.69, 9.17) is 5.10 Å². The highest BCUT2D eigenvalue weighted by atomic mass is 15.3. The van der Waals surface area contributed by atoms with Crippen molar-refractivity contribution in [2.24, 2.45) is 0 Å². The maximum atomic E-state index is 4.87. The van der Waals surface area contributed by atoms with Gasteiger partial charge in [0.05, 0.1) is 17.1 Å². The van der Waals surface area contributed by atoms with Crippen molar-refractivity contribution < 1.29 is 0 Å². The van der Waals surface area contributed by atoms with Crippen LogP contribution in [0.3, 0.4) is 0 Å². The third-order valence-electron chi connectivity index (χ3n) is 4.06. The second-order valence-corrected chi connectivity index (χ2v) is 5.80. The summed E-state index contributed by atoms with van der Waals surface area (Å²) in [6.45, 7) is 0. The van der Waals surface area contributed by atoms with Gasteiger partial charge in [-0.1, -0.05) is 78.9 Å². The monoisotopic (exact) mass is 310 g/mol. The Balaban J connectivity index is 1.79. The molecule has 24 heavy (non-hydrogen) atoms. The highest BCUT2D eigenvalue weighted by Crippen LogP contribution is 2.24. The average molecular weight is 310 g/mol. The minimum atomic E-state index is 0.834. The molecule has 4 aromatic rings. The number of hydrogen-bond acceptors (Lipinski definition) is 1. The topological polar surface area (TPSA) is 17.8 Å². The van der Waals surface area contributed by atoms with Crippen LogP contribution in [0.2, 0.25) is 0 Å². The minimum Gasteiger partial charge on any atom is -0.233 e. The van der Waals surface area contributed by atoms with E-state index in [-0.39, 0.29) is 0 Å². The van der Waals surface area contributed by atoms with Gasteiger partial charge in [0.2, 0.25) is 0 Å². The summed E-state index contributed by atoms with van der Waals surface area (Å²) in [6.07, 6.45) is 0.834. The van der Waals surface area contributed by atoms with Crippen LogP contribution >= 0.6 is 0 Å². The molecule has 1 aromatic heterocycles. The molecule has 2 nitrogen and oxygen atoms in total. The predicted molar refractivity (Wildman–Crippen MR) is 98.2 cm³/mol. The second-order valence-electron chi connectivity index (χ2n) is 5.80. The Bertz CT molecular complexity index is 853. The molecular formula is C22H18N2. The zero-order chi connectivity index (χ0) is 16.2. The van der Waals surface area contributed by atoms with Crippen molar-refractivity contribution in [2.75, 3.05) is 0 Å². The first-order valence-electron chi connectivity index (χ1n) is 8.14.